The van der Waals surface area contributed by atoms with Crippen molar-refractivity contribution in [2.24, 2.45) is 0 Å². The molecule has 1 saturated heterocycles. The van der Waals surface area contributed by atoms with Gasteiger partial charge in [-0.3, -0.25) is 70.3 Å². The molecule has 1 aliphatic heterocycles. The van der Waals surface area contributed by atoms with Crippen molar-refractivity contribution in [2.75, 3.05) is 83.6 Å². The van der Waals surface area contributed by atoms with E-state index in [0.29, 0.717) is 57.1 Å². The van der Waals surface area contributed by atoms with Gasteiger partial charge in [0, 0.05) is 74.7 Å². The monoisotopic (exact) mass is 1290 g/mol. The SMILES string of the molecule is O=C(NCCCO)C(=O)NNc1ccc(NS(=O)(=O)c2ccc(Cl)c(NOCc3ccc[n+](CCCC[n+]4cccc(C(=O)Nc5c(Cl)ccc(S(=O)(=O)Nc6ccc(NNC(=O)C(=O)NCCCN7CCOCC7)cc6)c5Cl)c4)c3)c2Cl)cc1. The summed E-state index contributed by atoms with van der Waals surface area (Å²) in [5.74, 6) is -4.18. The maximum Gasteiger partial charge on any atom is 0.327 e. The molecule has 1 fully saturated rings. The van der Waals surface area contributed by atoms with Crippen LogP contribution in [0, 0.1) is 0 Å². The Labute approximate surface area is 510 Å². The van der Waals surface area contributed by atoms with Crippen molar-refractivity contribution in [3.8, 4) is 0 Å². The van der Waals surface area contributed by atoms with Crippen molar-refractivity contribution in [1.29, 1.82) is 0 Å². The molecule has 452 valence electrons. The van der Waals surface area contributed by atoms with E-state index in [1.165, 1.54) is 72.8 Å². The lowest BCUT2D eigenvalue weighted by molar-refractivity contribution is -0.708. The summed E-state index contributed by atoms with van der Waals surface area (Å²) in [6.07, 6.45) is 9.63. The van der Waals surface area contributed by atoms with Crippen LogP contribution in [0.15, 0.2) is 132 Å². The molecule has 4 aromatic carbocycles. The summed E-state index contributed by atoms with van der Waals surface area (Å²) in [6, 6.07) is 23.6. The van der Waals surface area contributed by atoms with Crippen LogP contribution >= 0.6 is 46.4 Å². The zero-order valence-electron chi connectivity index (χ0n) is 45.3. The number of carbonyl (C=O) groups is 5. The van der Waals surface area contributed by atoms with Crippen LogP contribution < -0.4 is 61.7 Å². The predicted octanol–water partition coefficient (Wildman–Crippen LogP) is 4.98. The van der Waals surface area contributed by atoms with E-state index in [4.69, 9.17) is 61.1 Å². The lowest BCUT2D eigenvalue weighted by Crippen LogP contribution is -2.43. The van der Waals surface area contributed by atoms with Gasteiger partial charge in [0.05, 0.1) is 56.1 Å². The first-order valence-corrected chi connectivity index (χ1v) is 30.8. The average Bonchev–Trinajstić information content (AvgIpc) is 3.00. The fourth-order valence-corrected chi connectivity index (χ4v) is 11.9. The third-order valence-corrected chi connectivity index (χ3v) is 16.9. The largest absolute Gasteiger partial charge is 0.396 e. The van der Waals surface area contributed by atoms with E-state index in [0.717, 1.165) is 31.6 Å². The number of aromatic nitrogens is 2. The van der Waals surface area contributed by atoms with E-state index in [9.17, 15) is 40.8 Å². The molecule has 0 saturated carbocycles. The number of sulfonamides is 2. The highest BCUT2D eigenvalue weighted by Crippen LogP contribution is 2.38. The minimum absolute atomic E-state index is 0.00438. The second-order valence-electron chi connectivity index (χ2n) is 18.7. The number of nitrogens with zero attached hydrogens (tertiary/aromatic N) is 3. The van der Waals surface area contributed by atoms with Crippen molar-refractivity contribution in [1.82, 2.24) is 26.4 Å². The Hall–Kier alpha value is -7.57. The zero-order chi connectivity index (χ0) is 60.9. The molecule has 0 unspecified atom stereocenters. The van der Waals surface area contributed by atoms with Crippen molar-refractivity contribution in [2.45, 2.75) is 55.2 Å². The van der Waals surface area contributed by atoms with Gasteiger partial charge in [0.25, 0.3) is 26.0 Å². The third-order valence-electron chi connectivity index (χ3n) is 12.5. The molecule has 0 atom stereocenters. The number of aliphatic hydroxyl groups excluding tert-OH is 1. The Balaban J connectivity index is 0.841. The van der Waals surface area contributed by atoms with Crippen LogP contribution in [-0.2, 0) is 68.5 Å². The average molecular weight is 1290 g/mol. The summed E-state index contributed by atoms with van der Waals surface area (Å²) >= 11 is 26.1. The second-order valence-corrected chi connectivity index (χ2v) is 23.6. The number of morpholine rings is 1. The van der Waals surface area contributed by atoms with Crippen LogP contribution in [0.2, 0.25) is 20.1 Å². The van der Waals surface area contributed by atoms with Gasteiger partial charge >= 0.3 is 23.6 Å². The van der Waals surface area contributed by atoms with Crippen molar-refractivity contribution >= 4 is 130 Å². The number of benzene rings is 4. The standard InChI is InChI=1S/C54H59Cl4N13O12S2/c55-42-17-19-44(84(78,79)67-40-13-9-38(10-14-40)62-64-53(76)51(74)59-21-5-27-69-28-31-82-32-29-69)46(57)48(42)61-50(73)37-8-4-26-71(34-37)24-2-1-23-70-25-3-7-36(33-70)35-83-66-49-43(56)18-20-45(47(49)58)85(80,81)68-41-15-11-39(12-16-41)63-65-54(77)52(75)60-22-6-30-72/h3-4,7-20,25-26,33-34,66,72H,1-2,5-6,21-24,27-32,35H2,(H7-2,59,60,61,62,63,64,65,67,68,73,74,75,76,77)/p+2. The molecule has 3 heterocycles. The highest BCUT2D eigenvalue weighted by molar-refractivity contribution is 7.93. The number of rotatable bonds is 28. The van der Waals surface area contributed by atoms with Gasteiger partial charge in [-0.1, -0.05) is 46.4 Å². The molecule has 0 radical (unpaired) electrons. The molecule has 5 amide bonds. The Kier molecular flexibility index (Phi) is 24.1. The van der Waals surface area contributed by atoms with Gasteiger partial charge < -0.3 is 25.8 Å². The van der Waals surface area contributed by atoms with E-state index in [1.807, 2.05) is 33.7 Å². The lowest BCUT2D eigenvalue weighted by Gasteiger charge is -2.26. The molecule has 0 spiro atoms. The molecule has 31 heteroatoms. The number of nitrogens with one attached hydrogen (secondary N) is 10. The molecule has 6 aromatic rings. The number of hydrogen-bond donors (Lipinski definition) is 11. The molecule has 7 rings (SSSR count). The number of aryl methyl sites for hydroxylation is 2. The lowest BCUT2D eigenvalue weighted by atomic mass is 10.2. The number of hydrogen-bond acceptors (Lipinski definition) is 16. The number of ether oxygens (including phenoxy) is 1. The topological polar surface area (TPSA) is 324 Å². The molecular formula is C54H61Cl4N13O12S2+2. The summed E-state index contributed by atoms with van der Waals surface area (Å²) in [4.78, 5) is 69.3. The Morgan fingerprint density at radius 2 is 1.08 bits per heavy atom. The van der Waals surface area contributed by atoms with Gasteiger partial charge in [-0.2, -0.15) is 0 Å². The number of unbranched alkanes of at least 4 members (excludes halogenated alkanes) is 1. The van der Waals surface area contributed by atoms with Crippen LogP contribution in [0.25, 0.3) is 0 Å². The normalized spacial score (nSPS) is 12.5. The van der Waals surface area contributed by atoms with Crippen LogP contribution in [0.3, 0.4) is 0 Å². The highest BCUT2D eigenvalue weighted by atomic mass is 35.5. The van der Waals surface area contributed by atoms with Crippen LogP contribution in [-0.4, -0.2) is 109 Å². The first-order chi connectivity index (χ1) is 40.8. The quantitative estimate of drug-likeness (QED) is 0.0134. The maximum atomic E-state index is 13.6. The smallest absolute Gasteiger partial charge is 0.327 e. The maximum absolute atomic E-state index is 13.6. The minimum atomic E-state index is -4.33. The Bertz CT molecular complexity index is 3570. The summed E-state index contributed by atoms with van der Waals surface area (Å²) in [5, 5.41) is 15.9. The first-order valence-electron chi connectivity index (χ1n) is 26.3. The van der Waals surface area contributed by atoms with Crippen molar-refractivity contribution in [3.63, 3.8) is 0 Å². The van der Waals surface area contributed by atoms with E-state index in [1.54, 1.807) is 24.5 Å². The van der Waals surface area contributed by atoms with Gasteiger partial charge in [0.1, 0.15) is 35.1 Å². The molecular weight excluding hydrogens is 1230 g/mol. The first kappa shape index (κ1) is 65.0. The predicted molar refractivity (Wildman–Crippen MR) is 319 cm³/mol. The number of anilines is 6. The number of halogens is 4. The number of carbonyl (C=O) groups excluding carboxylic acids is 5. The molecule has 11 N–H and O–H groups in total. The van der Waals surface area contributed by atoms with Gasteiger partial charge in [-0.25, -0.2) is 26.0 Å². The number of aliphatic hydroxyl groups is 1. The van der Waals surface area contributed by atoms with E-state index < -0.39 is 49.6 Å². The second kappa shape index (κ2) is 31.5. The van der Waals surface area contributed by atoms with E-state index in [2.05, 4.69) is 57.5 Å². The number of amides is 5. The molecule has 0 bridgehead atoms. The van der Waals surface area contributed by atoms with Gasteiger partial charge in [-0.15, -0.1) is 0 Å². The van der Waals surface area contributed by atoms with Crippen molar-refractivity contribution < 1.29 is 64.6 Å². The van der Waals surface area contributed by atoms with Gasteiger partial charge in [-0.05, 0) is 104 Å². The highest BCUT2D eigenvalue weighted by Gasteiger charge is 2.26. The third kappa shape index (κ3) is 19.5. The van der Waals surface area contributed by atoms with E-state index in [-0.39, 0.29) is 84.4 Å². The summed E-state index contributed by atoms with van der Waals surface area (Å²) < 4.78 is 68.1. The van der Waals surface area contributed by atoms with Crippen LogP contribution in [0.5, 0.6) is 0 Å². The number of hydrazine groups is 2. The molecule has 85 heavy (non-hydrogen) atoms. The van der Waals surface area contributed by atoms with Gasteiger partial charge in [0.15, 0.2) is 24.8 Å². The summed E-state index contributed by atoms with van der Waals surface area (Å²) in [5.41, 5.74) is 14.3. The van der Waals surface area contributed by atoms with Crippen molar-refractivity contribution in [3.05, 3.63) is 153 Å². The van der Waals surface area contributed by atoms with Crippen LogP contribution in [0.4, 0.5) is 34.1 Å². The molecule has 2 aromatic heterocycles. The van der Waals surface area contributed by atoms with E-state index >= 15 is 0 Å². The fourth-order valence-electron chi connectivity index (χ4n) is 8.06. The summed E-state index contributed by atoms with van der Waals surface area (Å²) in [7, 11) is -8.59. The molecule has 1 aliphatic rings. The summed E-state index contributed by atoms with van der Waals surface area (Å²) in [6.45, 7) is 5.26. The molecule has 25 nitrogen and oxygen atoms in total. The zero-order valence-corrected chi connectivity index (χ0v) is 49.9. The molecule has 0 aliphatic carbocycles. The Morgan fingerprint density at radius 3 is 1.64 bits per heavy atom. The Morgan fingerprint density at radius 1 is 0.588 bits per heavy atom. The van der Waals surface area contributed by atoms with Gasteiger partial charge in [0.2, 0.25) is 0 Å². The fraction of sp³-hybridized carbons (Fsp3) is 0.278. The minimum Gasteiger partial charge on any atom is -0.396 e. The number of pyridine rings is 2. The van der Waals surface area contributed by atoms with Crippen LogP contribution in [0.1, 0.15) is 41.6 Å².